The zero-order chi connectivity index (χ0) is 27.4. The molecule has 1 heterocycles. The average molecular weight is 531 g/mol. The highest BCUT2D eigenvalue weighted by atomic mass is 35.5. The molecule has 3 aromatic carbocycles. The number of nitrogens with zero attached hydrogens (tertiary/aromatic N) is 1. The molecule has 1 amide bonds. The van der Waals surface area contributed by atoms with Crippen molar-refractivity contribution >= 4 is 34.4 Å². The Hall–Kier alpha value is -3.57. The Morgan fingerprint density at radius 3 is 2.37 bits per heavy atom. The molecular weight excluding hydrogens is 496 g/mol. The second kappa shape index (κ2) is 11.4. The lowest BCUT2D eigenvalue weighted by molar-refractivity contribution is 0.0914. The van der Waals surface area contributed by atoms with Gasteiger partial charge in [0.1, 0.15) is 5.58 Å². The first-order valence-electron chi connectivity index (χ1n) is 13.0. The van der Waals surface area contributed by atoms with Crippen molar-refractivity contribution in [1.82, 2.24) is 5.32 Å². The van der Waals surface area contributed by atoms with Crippen molar-refractivity contribution in [1.29, 1.82) is 0 Å². The van der Waals surface area contributed by atoms with Gasteiger partial charge in [0.2, 0.25) is 5.88 Å². The van der Waals surface area contributed by atoms with Gasteiger partial charge >= 0.3 is 0 Å². The number of nitrogens with one attached hydrogen (secondary N) is 1. The fourth-order valence-electron chi connectivity index (χ4n) is 4.67. The SMILES string of the molecule is Cc1ccc(C(=O)NC(C)(C)CN(CC(C)C)c2oc3cc(Cl)ccc3c(=O)c2Cc2ccccc2)cc1. The van der Waals surface area contributed by atoms with Crippen molar-refractivity contribution in [3.8, 4) is 0 Å². The van der Waals surface area contributed by atoms with E-state index in [0.29, 0.717) is 52.5 Å². The molecule has 0 unspecified atom stereocenters. The number of fused-ring (bicyclic) bond motifs is 1. The molecule has 5 nitrogen and oxygen atoms in total. The van der Waals surface area contributed by atoms with Gasteiger partial charge in [-0.25, -0.2) is 0 Å². The highest BCUT2D eigenvalue weighted by Crippen LogP contribution is 2.29. The van der Waals surface area contributed by atoms with Crippen molar-refractivity contribution in [2.45, 2.75) is 46.6 Å². The van der Waals surface area contributed by atoms with E-state index in [2.05, 4.69) is 24.1 Å². The Balaban J connectivity index is 1.76. The third kappa shape index (κ3) is 6.65. The van der Waals surface area contributed by atoms with Crippen LogP contribution in [0.2, 0.25) is 5.02 Å². The molecule has 198 valence electrons. The van der Waals surface area contributed by atoms with Crippen LogP contribution in [0.25, 0.3) is 11.0 Å². The highest BCUT2D eigenvalue weighted by molar-refractivity contribution is 6.31. The number of aryl methyl sites for hydroxylation is 1. The number of benzene rings is 3. The lowest BCUT2D eigenvalue weighted by Gasteiger charge is -2.35. The van der Waals surface area contributed by atoms with Crippen molar-refractivity contribution < 1.29 is 9.21 Å². The molecule has 38 heavy (non-hydrogen) atoms. The van der Waals surface area contributed by atoms with E-state index in [1.807, 2.05) is 75.4 Å². The maximum absolute atomic E-state index is 13.8. The summed E-state index contributed by atoms with van der Waals surface area (Å²) in [6.45, 7) is 11.3. The van der Waals surface area contributed by atoms with Gasteiger partial charge in [-0.15, -0.1) is 0 Å². The van der Waals surface area contributed by atoms with E-state index in [-0.39, 0.29) is 17.3 Å². The molecule has 4 rings (SSSR count). The minimum Gasteiger partial charge on any atom is -0.440 e. The van der Waals surface area contributed by atoms with Gasteiger partial charge in [0.05, 0.1) is 16.5 Å². The number of anilines is 1. The van der Waals surface area contributed by atoms with Crippen LogP contribution in [-0.4, -0.2) is 24.5 Å². The smallest absolute Gasteiger partial charge is 0.251 e. The molecule has 0 spiro atoms. The zero-order valence-electron chi connectivity index (χ0n) is 22.7. The summed E-state index contributed by atoms with van der Waals surface area (Å²) in [4.78, 5) is 29.0. The van der Waals surface area contributed by atoms with Crippen LogP contribution in [0, 0.1) is 12.8 Å². The van der Waals surface area contributed by atoms with E-state index < -0.39 is 5.54 Å². The summed E-state index contributed by atoms with van der Waals surface area (Å²) in [6, 6.07) is 22.5. The van der Waals surface area contributed by atoms with Crippen LogP contribution >= 0.6 is 11.6 Å². The topological polar surface area (TPSA) is 62.6 Å². The fraction of sp³-hybridized carbons (Fsp3) is 0.312. The molecule has 0 aliphatic heterocycles. The van der Waals surface area contributed by atoms with E-state index in [4.69, 9.17) is 16.0 Å². The lowest BCUT2D eigenvalue weighted by atomic mass is 10.00. The minimum absolute atomic E-state index is 0.0722. The summed E-state index contributed by atoms with van der Waals surface area (Å²) in [7, 11) is 0. The molecular formula is C32H35ClN2O3. The van der Waals surface area contributed by atoms with Crippen molar-refractivity contribution in [2.75, 3.05) is 18.0 Å². The Morgan fingerprint density at radius 2 is 1.71 bits per heavy atom. The van der Waals surface area contributed by atoms with Gasteiger partial charge in [0, 0.05) is 36.2 Å². The summed E-state index contributed by atoms with van der Waals surface area (Å²) < 4.78 is 6.47. The van der Waals surface area contributed by atoms with Gasteiger partial charge in [-0.3, -0.25) is 9.59 Å². The van der Waals surface area contributed by atoms with Crippen LogP contribution < -0.4 is 15.6 Å². The monoisotopic (exact) mass is 530 g/mol. The van der Waals surface area contributed by atoms with E-state index in [1.165, 1.54) is 0 Å². The maximum atomic E-state index is 13.8. The molecule has 0 radical (unpaired) electrons. The molecule has 0 fully saturated rings. The molecule has 0 saturated heterocycles. The molecule has 0 aliphatic rings. The molecule has 0 aliphatic carbocycles. The standard InChI is InChI=1S/C32H35ClN2O3/c1-21(2)19-35(20-32(4,5)34-30(37)24-13-11-22(3)12-14-24)31-27(17-23-9-7-6-8-10-23)29(36)26-16-15-25(33)18-28(26)38-31/h6-16,18,21H,17,19-20H2,1-5H3,(H,34,37). The van der Waals surface area contributed by atoms with Crippen LogP contribution in [0.15, 0.2) is 82.0 Å². The summed E-state index contributed by atoms with van der Waals surface area (Å²) in [5.41, 5.74) is 3.07. The number of amides is 1. The quantitative estimate of drug-likeness (QED) is 0.252. The average Bonchev–Trinajstić information content (AvgIpc) is 2.85. The minimum atomic E-state index is -0.622. The van der Waals surface area contributed by atoms with E-state index >= 15 is 0 Å². The number of halogens is 1. The van der Waals surface area contributed by atoms with Gasteiger partial charge in [-0.2, -0.15) is 0 Å². The highest BCUT2D eigenvalue weighted by Gasteiger charge is 2.29. The van der Waals surface area contributed by atoms with Gasteiger partial charge in [0.25, 0.3) is 5.91 Å². The molecule has 0 bridgehead atoms. The van der Waals surface area contributed by atoms with Crippen LogP contribution in [-0.2, 0) is 6.42 Å². The predicted octanol–water partition coefficient (Wildman–Crippen LogP) is 7.02. The van der Waals surface area contributed by atoms with Crippen LogP contribution in [0.4, 0.5) is 5.88 Å². The van der Waals surface area contributed by atoms with Crippen LogP contribution in [0.3, 0.4) is 0 Å². The number of rotatable bonds is 9. The number of carbonyl (C=O) groups is 1. The first-order valence-corrected chi connectivity index (χ1v) is 13.3. The molecule has 4 aromatic rings. The van der Waals surface area contributed by atoms with Gasteiger partial charge in [-0.1, -0.05) is 73.5 Å². The van der Waals surface area contributed by atoms with Gasteiger partial charge in [0.15, 0.2) is 5.43 Å². The summed E-state index contributed by atoms with van der Waals surface area (Å²) in [5, 5.41) is 4.18. The maximum Gasteiger partial charge on any atom is 0.251 e. The molecule has 0 saturated carbocycles. The normalized spacial score (nSPS) is 11.7. The summed E-state index contributed by atoms with van der Waals surface area (Å²) >= 11 is 6.27. The Morgan fingerprint density at radius 1 is 1.03 bits per heavy atom. The largest absolute Gasteiger partial charge is 0.440 e. The molecule has 6 heteroatoms. The third-order valence-corrected chi connectivity index (χ3v) is 6.61. The Kier molecular flexibility index (Phi) is 8.27. The van der Waals surface area contributed by atoms with Crippen molar-refractivity contribution in [3.05, 3.63) is 110 Å². The molecule has 0 atom stereocenters. The molecule has 1 N–H and O–H groups in total. The number of hydrogen-bond donors (Lipinski definition) is 1. The third-order valence-electron chi connectivity index (χ3n) is 6.38. The number of carbonyl (C=O) groups excluding carboxylic acids is 1. The van der Waals surface area contributed by atoms with Gasteiger partial charge in [-0.05, 0) is 56.5 Å². The predicted molar refractivity (Wildman–Crippen MR) is 157 cm³/mol. The van der Waals surface area contributed by atoms with E-state index in [0.717, 1.165) is 11.1 Å². The number of hydrogen-bond acceptors (Lipinski definition) is 4. The second-order valence-electron chi connectivity index (χ2n) is 11.0. The molecule has 1 aromatic heterocycles. The second-order valence-corrected chi connectivity index (χ2v) is 11.4. The Labute approximate surface area is 229 Å². The van der Waals surface area contributed by atoms with Crippen LogP contribution in [0.1, 0.15) is 54.7 Å². The van der Waals surface area contributed by atoms with E-state index in [9.17, 15) is 9.59 Å². The van der Waals surface area contributed by atoms with Crippen LogP contribution in [0.5, 0.6) is 0 Å². The lowest BCUT2D eigenvalue weighted by Crippen LogP contribution is -2.52. The van der Waals surface area contributed by atoms with Crippen molar-refractivity contribution in [2.24, 2.45) is 5.92 Å². The zero-order valence-corrected chi connectivity index (χ0v) is 23.4. The Bertz CT molecular complexity index is 1470. The van der Waals surface area contributed by atoms with Crippen molar-refractivity contribution in [3.63, 3.8) is 0 Å². The van der Waals surface area contributed by atoms with E-state index in [1.54, 1.807) is 18.2 Å². The summed E-state index contributed by atoms with van der Waals surface area (Å²) in [6.07, 6.45) is 0.432. The summed E-state index contributed by atoms with van der Waals surface area (Å²) in [5.74, 6) is 0.652. The first kappa shape index (κ1) is 27.5. The van der Waals surface area contributed by atoms with Gasteiger partial charge < -0.3 is 14.6 Å². The fourth-order valence-corrected chi connectivity index (χ4v) is 4.83. The first-order chi connectivity index (χ1) is 18.0.